The van der Waals surface area contributed by atoms with E-state index in [9.17, 15) is 4.79 Å². The molecule has 0 spiro atoms. The Morgan fingerprint density at radius 3 is 2.45 bits per heavy atom. The normalized spacial score (nSPS) is 38.7. The Labute approximate surface area is 63.8 Å². The fourth-order valence-electron chi connectivity index (χ4n) is 1.01. The number of hydrogen-bond donors (Lipinski definition) is 3. The van der Waals surface area contributed by atoms with Crippen LogP contribution in [0.2, 0.25) is 0 Å². The Morgan fingerprint density at radius 1 is 1.36 bits per heavy atom. The number of rotatable bonds is 0. The van der Waals surface area contributed by atoms with Crippen molar-refractivity contribution >= 4 is 5.78 Å². The van der Waals surface area contributed by atoms with Crippen molar-refractivity contribution in [2.24, 2.45) is 0 Å². The second-order valence-corrected chi connectivity index (χ2v) is 2.64. The van der Waals surface area contributed by atoms with E-state index in [1.54, 1.807) is 0 Å². The lowest BCUT2D eigenvalue weighted by Gasteiger charge is -2.24. The van der Waals surface area contributed by atoms with Crippen LogP contribution in [-0.4, -0.2) is 39.4 Å². The van der Waals surface area contributed by atoms with Crippen LogP contribution in [0.15, 0.2) is 11.6 Å². The molecule has 1 aliphatic carbocycles. The highest BCUT2D eigenvalue weighted by Crippen LogP contribution is 2.15. The molecular weight excluding hydrogens is 148 g/mol. The van der Waals surface area contributed by atoms with Crippen LogP contribution in [0, 0.1) is 0 Å². The second-order valence-electron chi connectivity index (χ2n) is 2.64. The van der Waals surface area contributed by atoms with Gasteiger partial charge in [-0.25, -0.2) is 0 Å². The standard InChI is InChI=1S/C7H10O4/c1-3-2-4(8)6(10)7(11)5(3)9/h2,4,6-8,10-11H,1H3/t4-,6-,7-/m0/s1. The van der Waals surface area contributed by atoms with Gasteiger partial charge in [-0.1, -0.05) is 0 Å². The monoisotopic (exact) mass is 158 g/mol. The lowest BCUT2D eigenvalue weighted by atomic mass is 9.92. The number of Topliss-reactive ketones (excluding diaryl/α,β-unsaturated/α-hetero) is 1. The number of carbonyl (C=O) groups excluding carboxylic acids is 1. The van der Waals surface area contributed by atoms with Gasteiger partial charge < -0.3 is 15.3 Å². The van der Waals surface area contributed by atoms with Crippen LogP contribution in [-0.2, 0) is 4.79 Å². The third-order valence-corrected chi connectivity index (χ3v) is 1.75. The molecule has 0 aliphatic heterocycles. The molecule has 0 saturated carbocycles. The highest BCUT2D eigenvalue weighted by molar-refractivity contribution is 5.99. The molecule has 3 N–H and O–H groups in total. The molecule has 0 aromatic rings. The summed E-state index contributed by atoms with van der Waals surface area (Å²) in [6.45, 7) is 1.49. The quantitative estimate of drug-likeness (QED) is 0.405. The van der Waals surface area contributed by atoms with E-state index >= 15 is 0 Å². The van der Waals surface area contributed by atoms with Crippen molar-refractivity contribution in [3.8, 4) is 0 Å². The van der Waals surface area contributed by atoms with Gasteiger partial charge >= 0.3 is 0 Å². The van der Waals surface area contributed by atoms with Crippen molar-refractivity contribution in [3.63, 3.8) is 0 Å². The van der Waals surface area contributed by atoms with E-state index in [0.29, 0.717) is 0 Å². The maximum Gasteiger partial charge on any atom is 0.189 e. The Kier molecular flexibility index (Phi) is 2.08. The molecule has 4 nitrogen and oxygen atoms in total. The highest BCUT2D eigenvalue weighted by atomic mass is 16.4. The first-order valence-electron chi connectivity index (χ1n) is 3.31. The molecule has 0 unspecified atom stereocenters. The molecule has 11 heavy (non-hydrogen) atoms. The number of hydrogen-bond acceptors (Lipinski definition) is 4. The van der Waals surface area contributed by atoms with E-state index in [1.165, 1.54) is 13.0 Å². The van der Waals surface area contributed by atoms with E-state index in [0.717, 1.165) is 0 Å². The predicted molar refractivity (Wildman–Crippen MR) is 36.8 cm³/mol. The molecule has 1 rings (SSSR count). The summed E-state index contributed by atoms with van der Waals surface area (Å²) in [5.41, 5.74) is 0.287. The summed E-state index contributed by atoms with van der Waals surface area (Å²) in [6, 6.07) is 0. The highest BCUT2D eigenvalue weighted by Gasteiger charge is 2.34. The second kappa shape index (κ2) is 2.73. The number of carbonyl (C=O) groups is 1. The van der Waals surface area contributed by atoms with Crippen molar-refractivity contribution < 1.29 is 20.1 Å². The largest absolute Gasteiger partial charge is 0.387 e. The van der Waals surface area contributed by atoms with Crippen molar-refractivity contribution in [1.29, 1.82) is 0 Å². The lowest BCUT2D eigenvalue weighted by molar-refractivity contribution is -0.134. The molecule has 0 saturated heterocycles. The van der Waals surface area contributed by atoms with Gasteiger partial charge in [-0.2, -0.15) is 0 Å². The average Bonchev–Trinajstić information content (AvgIpc) is 1.97. The van der Waals surface area contributed by atoms with E-state index < -0.39 is 24.1 Å². The number of aliphatic hydroxyl groups is 3. The van der Waals surface area contributed by atoms with Gasteiger partial charge in [-0.05, 0) is 18.6 Å². The fraction of sp³-hybridized carbons (Fsp3) is 0.571. The fourth-order valence-corrected chi connectivity index (χ4v) is 1.01. The van der Waals surface area contributed by atoms with Gasteiger partial charge in [0.1, 0.15) is 18.3 Å². The molecule has 0 amide bonds. The summed E-state index contributed by atoms with van der Waals surface area (Å²) in [5, 5.41) is 27.0. The summed E-state index contributed by atoms with van der Waals surface area (Å²) >= 11 is 0. The Hall–Kier alpha value is -0.710. The summed E-state index contributed by atoms with van der Waals surface area (Å²) in [6.07, 6.45) is -2.76. The zero-order valence-electron chi connectivity index (χ0n) is 6.06. The first-order valence-corrected chi connectivity index (χ1v) is 3.31. The Morgan fingerprint density at radius 2 is 1.91 bits per heavy atom. The predicted octanol–water partition coefficient (Wildman–Crippen LogP) is -1.40. The van der Waals surface area contributed by atoms with E-state index in [4.69, 9.17) is 15.3 Å². The van der Waals surface area contributed by atoms with Crippen LogP contribution < -0.4 is 0 Å². The minimum Gasteiger partial charge on any atom is -0.387 e. The van der Waals surface area contributed by atoms with Gasteiger partial charge in [0.2, 0.25) is 0 Å². The molecule has 0 heterocycles. The first kappa shape index (κ1) is 8.39. The zero-order chi connectivity index (χ0) is 8.59. The molecule has 3 atom stereocenters. The summed E-state index contributed by atoms with van der Waals surface area (Å²) in [4.78, 5) is 10.9. The van der Waals surface area contributed by atoms with Crippen LogP contribution >= 0.6 is 0 Å². The third kappa shape index (κ3) is 1.33. The zero-order valence-corrected chi connectivity index (χ0v) is 6.06. The van der Waals surface area contributed by atoms with E-state index in [2.05, 4.69) is 0 Å². The van der Waals surface area contributed by atoms with Gasteiger partial charge in [-0.3, -0.25) is 4.79 Å². The van der Waals surface area contributed by atoms with E-state index in [-0.39, 0.29) is 5.57 Å². The molecule has 0 bridgehead atoms. The van der Waals surface area contributed by atoms with Gasteiger partial charge in [0.05, 0.1) is 0 Å². The van der Waals surface area contributed by atoms with Crippen LogP contribution in [0.1, 0.15) is 6.92 Å². The van der Waals surface area contributed by atoms with Crippen LogP contribution in [0.25, 0.3) is 0 Å². The molecule has 0 aromatic carbocycles. The Balaban J connectivity index is 2.92. The van der Waals surface area contributed by atoms with Crippen molar-refractivity contribution in [1.82, 2.24) is 0 Å². The first-order chi connectivity index (χ1) is 5.04. The van der Waals surface area contributed by atoms with Gasteiger partial charge in [0.15, 0.2) is 5.78 Å². The summed E-state index contributed by atoms with van der Waals surface area (Å²) < 4.78 is 0. The molecule has 4 heteroatoms. The summed E-state index contributed by atoms with van der Waals surface area (Å²) in [7, 11) is 0. The molecule has 62 valence electrons. The van der Waals surface area contributed by atoms with Crippen LogP contribution in [0.4, 0.5) is 0 Å². The minimum atomic E-state index is -1.48. The average molecular weight is 158 g/mol. The molecular formula is C7H10O4. The van der Waals surface area contributed by atoms with Gasteiger partial charge in [0, 0.05) is 0 Å². The lowest BCUT2D eigenvalue weighted by Crippen LogP contribution is -2.45. The molecule has 0 radical (unpaired) electrons. The van der Waals surface area contributed by atoms with E-state index in [1.807, 2.05) is 0 Å². The Bertz CT molecular complexity index is 208. The molecule has 1 aliphatic rings. The SMILES string of the molecule is CC1=C[C@H](O)[C@H](O)[C@@H](O)C1=O. The van der Waals surface area contributed by atoms with Crippen molar-refractivity contribution in [2.75, 3.05) is 0 Å². The maximum absolute atomic E-state index is 10.9. The topological polar surface area (TPSA) is 77.8 Å². The smallest absolute Gasteiger partial charge is 0.189 e. The van der Waals surface area contributed by atoms with Gasteiger partial charge in [-0.15, -0.1) is 0 Å². The maximum atomic E-state index is 10.9. The number of aliphatic hydroxyl groups excluding tert-OH is 3. The minimum absolute atomic E-state index is 0.287. The summed E-state index contributed by atoms with van der Waals surface area (Å²) in [5.74, 6) is -0.525. The number of ketones is 1. The third-order valence-electron chi connectivity index (χ3n) is 1.75. The van der Waals surface area contributed by atoms with Gasteiger partial charge in [0.25, 0.3) is 0 Å². The van der Waals surface area contributed by atoms with Crippen LogP contribution in [0.3, 0.4) is 0 Å². The molecule has 0 aromatic heterocycles. The van der Waals surface area contributed by atoms with Crippen LogP contribution in [0.5, 0.6) is 0 Å². The molecule has 0 fully saturated rings. The van der Waals surface area contributed by atoms with Crippen molar-refractivity contribution in [3.05, 3.63) is 11.6 Å². The van der Waals surface area contributed by atoms with Crippen molar-refractivity contribution in [2.45, 2.75) is 25.2 Å².